The van der Waals surface area contributed by atoms with E-state index >= 15 is 0 Å². The van der Waals surface area contributed by atoms with Gasteiger partial charge in [-0.3, -0.25) is 9.98 Å². The standard InChI is InChI=1S/C30H22N2.2CH3.Fe/c1-4-12-23(13-5-1)26-20-28(24-14-6-2-7-15-24)30(32-22-27-18-10-11-19-31-27)29(21-26)25-16-8-3-9-17-25;;;/h1-22H;2*1H3;/q;2*-1;+2. The van der Waals surface area contributed by atoms with Crippen LogP contribution in [0.25, 0.3) is 33.4 Å². The predicted octanol–water partition coefficient (Wildman–Crippen LogP) is 8.73. The molecule has 0 amide bonds. The SMILES string of the molecule is C(=Nc1c(-c2ccccc2)cc(-c2ccccc2)cc1-c1ccccc1)c1ccccn1.[CH3-].[CH3-].[Fe+2]. The molecule has 0 saturated heterocycles. The van der Waals surface area contributed by atoms with Crippen LogP contribution in [0.3, 0.4) is 0 Å². The van der Waals surface area contributed by atoms with Gasteiger partial charge in [-0.15, -0.1) is 0 Å². The van der Waals surface area contributed by atoms with E-state index in [0.29, 0.717) is 0 Å². The average molecular weight is 496 g/mol. The number of pyridine rings is 1. The van der Waals surface area contributed by atoms with Gasteiger partial charge in [-0.25, -0.2) is 0 Å². The van der Waals surface area contributed by atoms with Crippen LogP contribution < -0.4 is 0 Å². The van der Waals surface area contributed by atoms with E-state index in [9.17, 15) is 0 Å². The summed E-state index contributed by atoms with van der Waals surface area (Å²) >= 11 is 0. The van der Waals surface area contributed by atoms with Gasteiger partial charge >= 0.3 is 17.1 Å². The van der Waals surface area contributed by atoms with Gasteiger partial charge in [0, 0.05) is 17.3 Å². The fourth-order valence-corrected chi connectivity index (χ4v) is 3.83. The van der Waals surface area contributed by atoms with Gasteiger partial charge in [0.2, 0.25) is 0 Å². The van der Waals surface area contributed by atoms with E-state index in [0.717, 1.165) is 33.6 Å². The maximum Gasteiger partial charge on any atom is 2.00 e. The molecule has 0 radical (unpaired) electrons. The Morgan fingerprint density at radius 1 is 0.514 bits per heavy atom. The Morgan fingerprint density at radius 2 is 0.971 bits per heavy atom. The molecule has 35 heavy (non-hydrogen) atoms. The molecule has 0 saturated carbocycles. The predicted molar refractivity (Wildman–Crippen MR) is 147 cm³/mol. The molecule has 0 aliphatic rings. The summed E-state index contributed by atoms with van der Waals surface area (Å²) in [7, 11) is 0. The first-order chi connectivity index (χ1) is 15.9. The van der Waals surface area contributed by atoms with Gasteiger partial charge < -0.3 is 14.9 Å². The van der Waals surface area contributed by atoms with Crippen molar-refractivity contribution in [3.63, 3.8) is 0 Å². The molecule has 2 nitrogen and oxygen atoms in total. The topological polar surface area (TPSA) is 25.2 Å². The molecule has 1 heterocycles. The van der Waals surface area contributed by atoms with Gasteiger partial charge in [0.15, 0.2) is 0 Å². The molecule has 1 aromatic heterocycles. The van der Waals surface area contributed by atoms with Crippen LogP contribution in [0.5, 0.6) is 0 Å². The van der Waals surface area contributed by atoms with Crippen molar-refractivity contribution in [2.45, 2.75) is 0 Å². The Labute approximate surface area is 219 Å². The second kappa shape index (κ2) is 13.2. The second-order valence-electron chi connectivity index (χ2n) is 7.53. The van der Waals surface area contributed by atoms with E-state index in [2.05, 4.69) is 89.9 Å². The normalized spacial score (nSPS) is 10.1. The van der Waals surface area contributed by atoms with Crippen LogP contribution in [0.4, 0.5) is 5.69 Å². The molecule has 0 N–H and O–H groups in total. The minimum Gasteiger partial charge on any atom is -0.358 e. The van der Waals surface area contributed by atoms with Crippen LogP contribution in [0.15, 0.2) is 133 Å². The van der Waals surface area contributed by atoms with Crippen LogP contribution in [0, 0.1) is 14.9 Å². The Bertz CT molecular complexity index is 1270. The maximum absolute atomic E-state index is 4.98. The molecule has 3 heteroatoms. The van der Waals surface area contributed by atoms with E-state index in [1.165, 1.54) is 11.1 Å². The average Bonchev–Trinajstić information content (AvgIpc) is 2.89. The fourth-order valence-electron chi connectivity index (χ4n) is 3.83. The van der Waals surface area contributed by atoms with Crippen molar-refractivity contribution in [1.29, 1.82) is 0 Å². The number of aliphatic imine (C=N–C) groups is 1. The first-order valence-corrected chi connectivity index (χ1v) is 10.7. The van der Waals surface area contributed by atoms with E-state index in [1.54, 1.807) is 6.20 Å². The Hall–Kier alpha value is -3.78. The van der Waals surface area contributed by atoms with Crippen molar-refractivity contribution in [3.8, 4) is 33.4 Å². The summed E-state index contributed by atoms with van der Waals surface area (Å²) in [4.78, 5) is 9.39. The summed E-state index contributed by atoms with van der Waals surface area (Å²) in [5.74, 6) is 0. The van der Waals surface area contributed by atoms with Crippen molar-refractivity contribution < 1.29 is 17.1 Å². The molecule has 0 bridgehead atoms. The zero-order valence-corrected chi connectivity index (χ0v) is 21.1. The number of benzene rings is 4. The third-order valence-corrected chi connectivity index (χ3v) is 5.40. The van der Waals surface area contributed by atoms with Crippen LogP contribution in [-0.2, 0) is 17.1 Å². The number of hydrogen-bond donors (Lipinski definition) is 0. The summed E-state index contributed by atoms with van der Waals surface area (Å²) in [6, 6.07) is 41.7. The molecule has 0 aliphatic carbocycles. The van der Waals surface area contributed by atoms with Crippen LogP contribution >= 0.6 is 0 Å². The zero-order valence-electron chi connectivity index (χ0n) is 19.9. The first-order valence-electron chi connectivity index (χ1n) is 10.7. The Morgan fingerprint density at radius 3 is 1.43 bits per heavy atom. The summed E-state index contributed by atoms with van der Waals surface area (Å²) in [5, 5.41) is 0. The minimum absolute atomic E-state index is 0. The van der Waals surface area contributed by atoms with E-state index < -0.39 is 0 Å². The van der Waals surface area contributed by atoms with Gasteiger partial charge in [0.25, 0.3) is 0 Å². The third kappa shape index (κ3) is 6.42. The third-order valence-electron chi connectivity index (χ3n) is 5.40. The van der Waals surface area contributed by atoms with E-state index in [-0.39, 0.29) is 31.9 Å². The summed E-state index contributed by atoms with van der Waals surface area (Å²) in [5.41, 5.74) is 8.58. The van der Waals surface area contributed by atoms with Crippen molar-refractivity contribution in [1.82, 2.24) is 4.98 Å². The Balaban J connectivity index is 0.00000144. The Kier molecular flexibility index (Phi) is 10.4. The summed E-state index contributed by atoms with van der Waals surface area (Å²) in [6.45, 7) is 0. The zero-order chi connectivity index (χ0) is 21.6. The number of aromatic nitrogens is 1. The molecule has 0 fully saturated rings. The number of hydrogen-bond acceptors (Lipinski definition) is 2. The maximum atomic E-state index is 4.98. The van der Waals surface area contributed by atoms with Crippen LogP contribution in [-0.4, -0.2) is 11.2 Å². The molecular formula is C32H28FeN2. The molecule has 0 unspecified atom stereocenters. The fraction of sp³-hybridized carbons (Fsp3) is 0. The molecule has 5 rings (SSSR count). The molecule has 174 valence electrons. The van der Waals surface area contributed by atoms with Crippen molar-refractivity contribution in [2.75, 3.05) is 0 Å². The van der Waals surface area contributed by atoms with Crippen molar-refractivity contribution >= 4 is 11.9 Å². The molecule has 4 aromatic carbocycles. The molecule has 0 spiro atoms. The monoisotopic (exact) mass is 496 g/mol. The van der Waals surface area contributed by atoms with Gasteiger partial charge in [-0.2, -0.15) is 0 Å². The van der Waals surface area contributed by atoms with Crippen molar-refractivity contribution in [3.05, 3.63) is 148 Å². The van der Waals surface area contributed by atoms with E-state index in [1.807, 2.05) is 42.6 Å². The summed E-state index contributed by atoms with van der Waals surface area (Å²) < 4.78 is 0. The van der Waals surface area contributed by atoms with Gasteiger partial charge in [0.05, 0.1) is 17.6 Å². The first kappa shape index (κ1) is 27.5. The molecule has 0 aliphatic heterocycles. The van der Waals surface area contributed by atoms with Gasteiger partial charge in [-0.1, -0.05) is 97.1 Å². The van der Waals surface area contributed by atoms with Crippen LogP contribution in [0.1, 0.15) is 5.69 Å². The minimum atomic E-state index is 0. The number of nitrogens with zero attached hydrogens (tertiary/aromatic N) is 2. The van der Waals surface area contributed by atoms with Gasteiger partial charge in [-0.05, 0) is 46.5 Å². The second-order valence-corrected chi connectivity index (χ2v) is 7.53. The van der Waals surface area contributed by atoms with Crippen molar-refractivity contribution in [2.24, 2.45) is 4.99 Å². The van der Waals surface area contributed by atoms with Crippen LogP contribution in [0.2, 0.25) is 0 Å². The van der Waals surface area contributed by atoms with Gasteiger partial charge in [0.1, 0.15) is 0 Å². The van der Waals surface area contributed by atoms with E-state index in [4.69, 9.17) is 4.99 Å². The molecule has 0 atom stereocenters. The smallest absolute Gasteiger partial charge is 0.358 e. The summed E-state index contributed by atoms with van der Waals surface area (Å²) in [6.07, 6.45) is 3.63. The largest absolute Gasteiger partial charge is 2.00 e. The molecule has 5 aromatic rings. The quantitative estimate of drug-likeness (QED) is 0.136. The molecular weight excluding hydrogens is 468 g/mol. The number of rotatable bonds is 5.